The Hall–Kier alpha value is -2.30. The van der Waals surface area contributed by atoms with Gasteiger partial charge in [-0.2, -0.15) is 0 Å². The molecule has 0 saturated carbocycles. The van der Waals surface area contributed by atoms with Gasteiger partial charge >= 0.3 is 7.60 Å². The molecule has 1 amide bonds. The van der Waals surface area contributed by atoms with Gasteiger partial charge in [0.1, 0.15) is 11.5 Å². The summed E-state index contributed by atoms with van der Waals surface area (Å²) in [5.74, 6) is 0.413. The molecule has 2 aromatic carbocycles. The van der Waals surface area contributed by atoms with Gasteiger partial charge < -0.3 is 9.05 Å². The Morgan fingerprint density at radius 1 is 0.962 bits per heavy atom. The zero-order chi connectivity index (χ0) is 19.2. The molecule has 0 aromatic heterocycles. The Labute approximate surface area is 153 Å². The molecule has 2 aromatic rings. The highest BCUT2D eigenvalue weighted by Crippen LogP contribution is 2.49. The van der Waals surface area contributed by atoms with Crippen LogP contribution in [0.4, 0.5) is 0 Å². The van der Waals surface area contributed by atoms with E-state index >= 15 is 0 Å². The summed E-state index contributed by atoms with van der Waals surface area (Å²) in [6.45, 7) is 5.20. The summed E-state index contributed by atoms with van der Waals surface area (Å²) in [6.07, 6.45) is 0.324. The molecule has 0 bridgehead atoms. The number of hydrogen-bond acceptors (Lipinski definition) is 5. The number of hydroxylamine groups is 2. The average Bonchev–Trinajstić information content (AvgIpc) is 2.59. The maximum absolute atomic E-state index is 13.2. The van der Waals surface area contributed by atoms with E-state index in [0.29, 0.717) is 16.6 Å². The van der Waals surface area contributed by atoms with Crippen molar-refractivity contribution in [3.8, 4) is 11.5 Å². The molecule has 1 N–H and O–H groups in total. The molecular formula is C19H24NO5P. The first-order valence-corrected chi connectivity index (χ1v) is 10.1. The summed E-state index contributed by atoms with van der Waals surface area (Å²) in [4.78, 5) is 11.1. The maximum atomic E-state index is 13.2. The number of carbonyl (C=O) groups excluding carboxylic acids is 1. The van der Waals surface area contributed by atoms with Crippen molar-refractivity contribution < 1.29 is 23.6 Å². The lowest BCUT2D eigenvalue weighted by Gasteiger charge is -2.21. The van der Waals surface area contributed by atoms with Gasteiger partial charge in [-0.25, -0.2) is 9.63 Å². The highest BCUT2D eigenvalue weighted by molar-refractivity contribution is 7.54. The molecule has 140 valence electrons. The van der Waals surface area contributed by atoms with Crippen LogP contribution in [0.3, 0.4) is 0 Å². The molecule has 0 atom stereocenters. The van der Waals surface area contributed by atoms with Crippen LogP contribution in [-0.4, -0.2) is 28.9 Å². The van der Waals surface area contributed by atoms with Gasteiger partial charge in [0.05, 0.1) is 6.16 Å². The normalized spacial score (nSPS) is 11.1. The molecule has 0 aliphatic heterocycles. The fourth-order valence-corrected chi connectivity index (χ4v) is 3.84. The molecule has 6 nitrogen and oxygen atoms in total. The molecule has 26 heavy (non-hydrogen) atoms. The van der Waals surface area contributed by atoms with Crippen LogP contribution in [0, 0.1) is 13.8 Å². The molecule has 0 heterocycles. The third-order valence-electron chi connectivity index (χ3n) is 3.70. The Bertz CT molecular complexity index is 722. The van der Waals surface area contributed by atoms with Gasteiger partial charge in [0.2, 0.25) is 5.91 Å². The van der Waals surface area contributed by atoms with Crippen molar-refractivity contribution in [2.24, 2.45) is 0 Å². The number of amides is 1. The standard InChI is InChI=1S/C19H24NO5P/c1-15-5-9-18(10-6-15)24-26(23,14-4-13-20(22)17(3)21)25-19-11-7-16(2)8-12-19/h5-12,22H,4,13-14H2,1-3H3. The van der Waals surface area contributed by atoms with Crippen molar-refractivity contribution in [1.29, 1.82) is 0 Å². The van der Waals surface area contributed by atoms with Gasteiger partial charge in [-0.05, 0) is 44.5 Å². The minimum Gasteiger partial charge on any atom is -0.416 e. The molecule has 0 radical (unpaired) electrons. The predicted molar refractivity (Wildman–Crippen MR) is 99.9 cm³/mol. The van der Waals surface area contributed by atoms with Crippen LogP contribution < -0.4 is 9.05 Å². The van der Waals surface area contributed by atoms with Crippen molar-refractivity contribution in [2.75, 3.05) is 12.7 Å². The zero-order valence-electron chi connectivity index (χ0n) is 15.2. The molecule has 2 rings (SSSR count). The lowest BCUT2D eigenvalue weighted by Crippen LogP contribution is -2.26. The number of nitrogens with zero attached hydrogens (tertiary/aromatic N) is 1. The van der Waals surface area contributed by atoms with E-state index < -0.39 is 13.5 Å². The first kappa shape index (κ1) is 20.0. The predicted octanol–water partition coefficient (Wildman–Crippen LogP) is 4.58. The van der Waals surface area contributed by atoms with E-state index in [1.165, 1.54) is 6.92 Å². The van der Waals surface area contributed by atoms with Crippen LogP contribution in [0.1, 0.15) is 24.5 Å². The largest absolute Gasteiger partial charge is 0.430 e. The third kappa shape index (κ3) is 6.21. The van der Waals surface area contributed by atoms with Gasteiger partial charge in [0.25, 0.3) is 0 Å². The van der Waals surface area contributed by atoms with Crippen LogP contribution in [0.25, 0.3) is 0 Å². The zero-order valence-corrected chi connectivity index (χ0v) is 16.1. The smallest absolute Gasteiger partial charge is 0.416 e. The highest BCUT2D eigenvalue weighted by atomic mass is 31.2. The van der Waals surface area contributed by atoms with E-state index in [1.54, 1.807) is 24.3 Å². The molecule has 7 heteroatoms. The molecule has 0 aliphatic rings. The van der Waals surface area contributed by atoms with Crippen LogP contribution in [0.5, 0.6) is 11.5 Å². The number of benzene rings is 2. The molecule has 0 aliphatic carbocycles. The number of hydrogen-bond donors (Lipinski definition) is 1. The van der Waals surface area contributed by atoms with E-state index in [1.807, 2.05) is 38.1 Å². The second-order valence-corrected chi connectivity index (χ2v) is 8.17. The topological polar surface area (TPSA) is 76.1 Å². The summed E-state index contributed by atoms with van der Waals surface area (Å²) < 4.78 is 24.6. The maximum Gasteiger partial charge on any atom is 0.430 e. The van der Waals surface area contributed by atoms with E-state index in [9.17, 15) is 14.6 Å². The van der Waals surface area contributed by atoms with Gasteiger partial charge in [0, 0.05) is 13.5 Å². The van der Waals surface area contributed by atoms with Gasteiger partial charge in [0.15, 0.2) is 0 Å². The monoisotopic (exact) mass is 377 g/mol. The molecule has 0 saturated heterocycles. The Balaban J connectivity index is 2.13. The number of carbonyl (C=O) groups is 1. The van der Waals surface area contributed by atoms with Crippen LogP contribution in [0.15, 0.2) is 48.5 Å². The molecular weight excluding hydrogens is 353 g/mol. The molecule has 0 fully saturated rings. The highest BCUT2D eigenvalue weighted by Gasteiger charge is 2.28. The first-order valence-electron chi connectivity index (χ1n) is 8.36. The Kier molecular flexibility index (Phi) is 6.83. The summed E-state index contributed by atoms with van der Waals surface area (Å²) in [5, 5.41) is 10.1. The first-order chi connectivity index (χ1) is 12.3. The lowest BCUT2D eigenvalue weighted by molar-refractivity contribution is -0.162. The van der Waals surface area contributed by atoms with Crippen molar-refractivity contribution >= 4 is 13.5 Å². The Morgan fingerprint density at radius 3 is 1.77 bits per heavy atom. The van der Waals surface area contributed by atoms with Crippen LogP contribution in [-0.2, 0) is 9.36 Å². The Morgan fingerprint density at radius 2 is 1.38 bits per heavy atom. The second-order valence-electron chi connectivity index (χ2n) is 6.14. The number of rotatable bonds is 8. The van der Waals surface area contributed by atoms with Gasteiger partial charge in [-0.3, -0.25) is 10.0 Å². The van der Waals surface area contributed by atoms with Gasteiger partial charge in [-0.15, -0.1) is 0 Å². The van der Waals surface area contributed by atoms with Crippen molar-refractivity contribution in [3.05, 3.63) is 59.7 Å². The minimum absolute atomic E-state index is 0.0494. The van der Waals surface area contributed by atoms with Gasteiger partial charge in [-0.1, -0.05) is 35.4 Å². The second kappa shape index (κ2) is 8.88. The third-order valence-corrected chi connectivity index (χ3v) is 5.54. The number of aryl methyl sites for hydroxylation is 2. The SMILES string of the molecule is CC(=O)N(O)CCCP(=O)(Oc1ccc(C)cc1)Oc1ccc(C)cc1. The van der Waals surface area contributed by atoms with Crippen molar-refractivity contribution in [1.82, 2.24) is 5.06 Å². The summed E-state index contributed by atoms with van der Waals surface area (Å²) in [7, 11) is -3.53. The quantitative estimate of drug-likeness (QED) is 0.414. The fourth-order valence-electron chi connectivity index (χ4n) is 2.20. The molecule has 0 unspecified atom stereocenters. The van der Waals surface area contributed by atoms with Crippen molar-refractivity contribution in [2.45, 2.75) is 27.2 Å². The van der Waals surface area contributed by atoms with E-state index in [2.05, 4.69) is 0 Å². The van der Waals surface area contributed by atoms with E-state index in [-0.39, 0.29) is 19.1 Å². The summed E-state index contributed by atoms with van der Waals surface area (Å²) in [5.41, 5.74) is 2.12. The summed E-state index contributed by atoms with van der Waals surface area (Å²) >= 11 is 0. The van der Waals surface area contributed by atoms with E-state index in [4.69, 9.17) is 9.05 Å². The van der Waals surface area contributed by atoms with Crippen LogP contribution in [0.2, 0.25) is 0 Å². The minimum atomic E-state index is -3.53. The fraction of sp³-hybridized carbons (Fsp3) is 0.316. The van der Waals surface area contributed by atoms with E-state index in [0.717, 1.165) is 11.1 Å². The lowest BCUT2D eigenvalue weighted by atomic mass is 10.2. The summed E-state index contributed by atoms with van der Waals surface area (Å²) in [6, 6.07) is 14.4. The van der Waals surface area contributed by atoms with Crippen LogP contribution >= 0.6 is 7.60 Å². The molecule has 0 spiro atoms. The average molecular weight is 377 g/mol. The van der Waals surface area contributed by atoms with Crippen molar-refractivity contribution in [3.63, 3.8) is 0 Å².